The second-order valence-electron chi connectivity index (χ2n) is 3.31. The van der Waals surface area contributed by atoms with Crippen molar-refractivity contribution in [3.8, 4) is 0 Å². The van der Waals surface area contributed by atoms with Gasteiger partial charge in [0, 0.05) is 0 Å². The normalized spacial score (nSPS) is 16.3. The molecule has 1 unspecified atom stereocenters. The highest BCUT2D eigenvalue weighted by Gasteiger charge is 2.73. The third-order valence-corrected chi connectivity index (χ3v) is 1.94. The minimum atomic E-state index is -6.30. The molecule has 0 spiro atoms. The van der Waals surface area contributed by atoms with E-state index in [0.29, 0.717) is 0 Å². The zero-order valence-electron chi connectivity index (χ0n) is 8.55. The SMILES string of the molecule is CCC(C)OCC(F)(F)C(F)(F)C(F)(F)F. The lowest BCUT2D eigenvalue weighted by molar-refractivity contribution is -0.362. The molecule has 0 amide bonds. The third kappa shape index (κ3) is 3.23. The van der Waals surface area contributed by atoms with Crippen LogP contribution >= 0.6 is 0 Å². The molecule has 98 valence electrons. The molecule has 1 nitrogen and oxygen atoms in total. The average molecular weight is 256 g/mol. The summed E-state index contributed by atoms with van der Waals surface area (Å²) in [6.45, 7) is 0.848. The van der Waals surface area contributed by atoms with Gasteiger partial charge in [0.25, 0.3) is 0 Å². The van der Waals surface area contributed by atoms with Gasteiger partial charge in [-0.15, -0.1) is 0 Å². The van der Waals surface area contributed by atoms with Crippen LogP contribution < -0.4 is 0 Å². The standard InChI is InChI=1S/C8H11F7O/c1-3-5(2)16-4-6(9,10)7(11,12)8(13,14)15/h5H,3-4H2,1-2H3. The predicted octanol–water partition coefficient (Wildman–Crippen LogP) is 3.63. The van der Waals surface area contributed by atoms with Crippen LogP contribution in [0.2, 0.25) is 0 Å². The van der Waals surface area contributed by atoms with Gasteiger partial charge >= 0.3 is 18.0 Å². The average Bonchev–Trinajstić information content (AvgIpc) is 2.12. The van der Waals surface area contributed by atoms with E-state index in [1.807, 2.05) is 0 Å². The smallest absolute Gasteiger partial charge is 0.372 e. The van der Waals surface area contributed by atoms with Crippen LogP contribution in [0.25, 0.3) is 0 Å². The summed E-state index contributed by atoms with van der Waals surface area (Å²) in [5.41, 5.74) is 0. The molecule has 0 saturated carbocycles. The van der Waals surface area contributed by atoms with Gasteiger partial charge in [0.1, 0.15) is 6.61 Å². The lowest BCUT2D eigenvalue weighted by Gasteiger charge is -2.28. The highest BCUT2D eigenvalue weighted by Crippen LogP contribution is 2.46. The van der Waals surface area contributed by atoms with Crippen LogP contribution in [0.3, 0.4) is 0 Å². The molecule has 0 aliphatic heterocycles. The van der Waals surface area contributed by atoms with Crippen molar-refractivity contribution in [2.75, 3.05) is 6.61 Å². The van der Waals surface area contributed by atoms with Crippen LogP contribution in [0.15, 0.2) is 0 Å². The van der Waals surface area contributed by atoms with E-state index in [-0.39, 0.29) is 6.42 Å². The molecular formula is C8H11F7O. The molecule has 1 atom stereocenters. The maximum Gasteiger partial charge on any atom is 0.459 e. The summed E-state index contributed by atoms with van der Waals surface area (Å²) in [6.07, 6.45) is -6.88. The van der Waals surface area contributed by atoms with Crippen LogP contribution in [0.4, 0.5) is 30.7 Å². The summed E-state index contributed by atoms with van der Waals surface area (Å²) < 4.78 is 89.0. The van der Waals surface area contributed by atoms with E-state index in [0.717, 1.165) is 0 Å². The molecule has 16 heavy (non-hydrogen) atoms. The van der Waals surface area contributed by atoms with Crippen LogP contribution in [-0.2, 0) is 4.74 Å². The van der Waals surface area contributed by atoms with E-state index >= 15 is 0 Å². The van der Waals surface area contributed by atoms with Gasteiger partial charge in [0.15, 0.2) is 0 Å². The highest BCUT2D eigenvalue weighted by molar-refractivity contribution is 4.91. The van der Waals surface area contributed by atoms with Gasteiger partial charge in [-0.25, -0.2) is 0 Å². The van der Waals surface area contributed by atoms with Crippen molar-refractivity contribution >= 4 is 0 Å². The minimum Gasteiger partial charge on any atom is -0.372 e. The fourth-order valence-corrected chi connectivity index (χ4v) is 0.663. The molecule has 8 heteroatoms. The molecule has 0 bridgehead atoms. The Morgan fingerprint density at radius 2 is 1.44 bits per heavy atom. The molecule has 0 aliphatic rings. The molecule has 0 aromatic carbocycles. The van der Waals surface area contributed by atoms with Gasteiger partial charge in [-0.1, -0.05) is 6.92 Å². The fourth-order valence-electron chi connectivity index (χ4n) is 0.663. The number of hydrogen-bond donors (Lipinski definition) is 0. The van der Waals surface area contributed by atoms with E-state index in [1.54, 1.807) is 0 Å². The van der Waals surface area contributed by atoms with Crippen LogP contribution in [0.5, 0.6) is 0 Å². The van der Waals surface area contributed by atoms with Crippen molar-refractivity contribution in [2.45, 2.75) is 44.4 Å². The molecule has 0 aromatic rings. The first-order valence-electron chi connectivity index (χ1n) is 4.39. The van der Waals surface area contributed by atoms with Crippen LogP contribution in [0.1, 0.15) is 20.3 Å². The summed E-state index contributed by atoms with van der Waals surface area (Å²) in [5, 5.41) is 0. The second-order valence-corrected chi connectivity index (χ2v) is 3.31. The Kier molecular flexibility index (Phi) is 4.61. The molecule has 0 aliphatic carbocycles. The molecule has 0 saturated heterocycles. The van der Waals surface area contributed by atoms with Gasteiger partial charge in [0.2, 0.25) is 0 Å². The van der Waals surface area contributed by atoms with Crippen LogP contribution in [0, 0.1) is 0 Å². The molecule has 0 heterocycles. The van der Waals surface area contributed by atoms with E-state index in [2.05, 4.69) is 4.74 Å². The first-order chi connectivity index (χ1) is 6.95. The Morgan fingerprint density at radius 1 is 1.00 bits per heavy atom. The first-order valence-corrected chi connectivity index (χ1v) is 4.39. The van der Waals surface area contributed by atoms with Crippen LogP contribution in [-0.4, -0.2) is 30.7 Å². The van der Waals surface area contributed by atoms with Gasteiger partial charge in [0.05, 0.1) is 6.10 Å². The van der Waals surface area contributed by atoms with Gasteiger partial charge in [-0.2, -0.15) is 30.7 Å². The van der Waals surface area contributed by atoms with Crippen molar-refractivity contribution in [1.29, 1.82) is 0 Å². The summed E-state index contributed by atoms with van der Waals surface area (Å²) >= 11 is 0. The number of ether oxygens (including phenoxy) is 1. The summed E-state index contributed by atoms with van der Waals surface area (Å²) in [5.74, 6) is -11.4. The van der Waals surface area contributed by atoms with E-state index in [4.69, 9.17) is 0 Å². The van der Waals surface area contributed by atoms with Crippen molar-refractivity contribution < 1.29 is 35.5 Å². The predicted molar refractivity (Wildman–Crippen MR) is 41.7 cm³/mol. The van der Waals surface area contributed by atoms with E-state index < -0.39 is 30.7 Å². The Hall–Kier alpha value is -0.530. The van der Waals surface area contributed by atoms with Gasteiger partial charge < -0.3 is 4.74 Å². The maximum absolute atomic E-state index is 12.6. The Bertz CT molecular complexity index is 223. The van der Waals surface area contributed by atoms with Crippen molar-refractivity contribution in [3.63, 3.8) is 0 Å². The third-order valence-electron chi connectivity index (χ3n) is 1.94. The Labute approximate surface area is 87.6 Å². The van der Waals surface area contributed by atoms with E-state index in [1.165, 1.54) is 13.8 Å². The number of rotatable bonds is 5. The molecule has 0 radical (unpaired) electrons. The van der Waals surface area contributed by atoms with Gasteiger partial charge in [-0.3, -0.25) is 0 Å². The highest BCUT2D eigenvalue weighted by atomic mass is 19.4. The number of halogens is 7. The summed E-state index contributed by atoms with van der Waals surface area (Å²) in [7, 11) is 0. The molecule has 0 fully saturated rings. The maximum atomic E-state index is 12.6. The van der Waals surface area contributed by atoms with Crippen molar-refractivity contribution in [3.05, 3.63) is 0 Å². The van der Waals surface area contributed by atoms with Crippen molar-refractivity contribution in [2.24, 2.45) is 0 Å². The zero-order valence-corrected chi connectivity index (χ0v) is 8.55. The molecule has 0 rings (SSSR count). The number of hydrogen-bond acceptors (Lipinski definition) is 1. The molecule has 0 aromatic heterocycles. The zero-order chi connectivity index (χ0) is 13.2. The Morgan fingerprint density at radius 3 is 1.75 bits per heavy atom. The fraction of sp³-hybridized carbons (Fsp3) is 1.00. The molecular weight excluding hydrogens is 245 g/mol. The number of alkyl halides is 7. The molecule has 0 N–H and O–H groups in total. The second kappa shape index (κ2) is 4.77. The van der Waals surface area contributed by atoms with E-state index in [9.17, 15) is 30.7 Å². The largest absolute Gasteiger partial charge is 0.459 e. The minimum absolute atomic E-state index is 0.230. The lowest BCUT2D eigenvalue weighted by Crippen LogP contribution is -2.54. The quantitative estimate of drug-likeness (QED) is 0.682. The summed E-state index contributed by atoms with van der Waals surface area (Å²) in [4.78, 5) is 0. The first kappa shape index (κ1) is 15.5. The summed E-state index contributed by atoms with van der Waals surface area (Å²) in [6, 6.07) is 0. The topological polar surface area (TPSA) is 9.23 Å². The monoisotopic (exact) mass is 256 g/mol. The van der Waals surface area contributed by atoms with Gasteiger partial charge in [-0.05, 0) is 13.3 Å². The Balaban J connectivity index is 4.65. The lowest BCUT2D eigenvalue weighted by atomic mass is 10.1. The van der Waals surface area contributed by atoms with Crippen molar-refractivity contribution in [1.82, 2.24) is 0 Å².